The number of aliphatic carboxylic acids is 1. The van der Waals surface area contributed by atoms with Gasteiger partial charge in [0.1, 0.15) is 0 Å². The highest BCUT2D eigenvalue weighted by molar-refractivity contribution is 5.71. The van der Waals surface area contributed by atoms with Gasteiger partial charge in [0.2, 0.25) is 0 Å². The van der Waals surface area contributed by atoms with Crippen LogP contribution in [0.4, 0.5) is 0 Å². The number of hydrogen-bond acceptors (Lipinski definition) is 1. The van der Waals surface area contributed by atoms with Crippen molar-refractivity contribution in [2.75, 3.05) is 0 Å². The first-order chi connectivity index (χ1) is 7.68. The molecule has 0 bridgehead atoms. The summed E-state index contributed by atoms with van der Waals surface area (Å²) in [6.07, 6.45) is 2.86. The lowest BCUT2D eigenvalue weighted by atomic mass is 9.72. The smallest absolute Gasteiger partial charge is 0.307 e. The summed E-state index contributed by atoms with van der Waals surface area (Å²) in [6.45, 7) is 2.22. The van der Waals surface area contributed by atoms with Crippen LogP contribution in [-0.2, 0) is 4.79 Å². The first kappa shape index (κ1) is 11.2. The van der Waals surface area contributed by atoms with Gasteiger partial charge in [-0.05, 0) is 36.7 Å². The van der Waals surface area contributed by atoms with E-state index in [2.05, 4.69) is 19.1 Å². The number of carbonyl (C=O) groups is 1. The Kier molecular flexibility index (Phi) is 3.28. The van der Waals surface area contributed by atoms with E-state index in [-0.39, 0.29) is 11.8 Å². The maximum atomic E-state index is 11.2. The molecule has 1 saturated carbocycles. The maximum absolute atomic E-state index is 11.2. The lowest BCUT2D eigenvalue weighted by molar-refractivity contribution is -0.143. The third kappa shape index (κ3) is 2.26. The van der Waals surface area contributed by atoms with Crippen LogP contribution in [0.3, 0.4) is 0 Å². The number of carboxylic acids is 1. The fourth-order valence-corrected chi connectivity index (χ4v) is 2.75. The van der Waals surface area contributed by atoms with Crippen molar-refractivity contribution < 1.29 is 9.90 Å². The van der Waals surface area contributed by atoms with Crippen molar-refractivity contribution in [2.45, 2.75) is 32.1 Å². The average molecular weight is 218 g/mol. The number of rotatable bonds is 2. The van der Waals surface area contributed by atoms with Gasteiger partial charge >= 0.3 is 5.97 Å². The Bertz CT molecular complexity index is 358. The predicted octanol–water partition coefficient (Wildman–Crippen LogP) is 3.29. The fraction of sp³-hybridized carbons (Fsp3) is 0.500. The zero-order valence-electron chi connectivity index (χ0n) is 9.60. The Morgan fingerprint density at radius 1 is 1.25 bits per heavy atom. The SMILES string of the molecule is CC1CCC(C(=O)O)C(c2ccccc2)C1. The zero-order valence-corrected chi connectivity index (χ0v) is 9.60. The summed E-state index contributed by atoms with van der Waals surface area (Å²) in [7, 11) is 0. The molecule has 1 N–H and O–H groups in total. The highest BCUT2D eigenvalue weighted by atomic mass is 16.4. The third-order valence-corrected chi connectivity index (χ3v) is 3.66. The Labute approximate surface area is 96.3 Å². The molecule has 0 aromatic heterocycles. The second kappa shape index (κ2) is 4.69. The quantitative estimate of drug-likeness (QED) is 0.827. The lowest BCUT2D eigenvalue weighted by Gasteiger charge is -2.32. The zero-order chi connectivity index (χ0) is 11.5. The molecule has 0 saturated heterocycles. The van der Waals surface area contributed by atoms with Crippen LogP contribution in [0.1, 0.15) is 37.7 Å². The first-order valence-corrected chi connectivity index (χ1v) is 5.96. The summed E-state index contributed by atoms with van der Waals surface area (Å²) in [5, 5.41) is 9.26. The third-order valence-electron chi connectivity index (χ3n) is 3.66. The predicted molar refractivity (Wildman–Crippen MR) is 63.3 cm³/mol. The van der Waals surface area contributed by atoms with Gasteiger partial charge < -0.3 is 5.11 Å². The molecule has 0 aliphatic heterocycles. The minimum atomic E-state index is -0.638. The van der Waals surface area contributed by atoms with Crippen LogP contribution in [0, 0.1) is 11.8 Å². The highest BCUT2D eigenvalue weighted by Gasteiger charge is 2.34. The molecule has 86 valence electrons. The molecule has 1 aliphatic carbocycles. The van der Waals surface area contributed by atoms with Gasteiger partial charge in [0.05, 0.1) is 5.92 Å². The summed E-state index contributed by atoms with van der Waals surface area (Å²) in [5.41, 5.74) is 1.18. The van der Waals surface area contributed by atoms with Crippen molar-refractivity contribution in [3.63, 3.8) is 0 Å². The summed E-state index contributed by atoms with van der Waals surface area (Å²) < 4.78 is 0. The highest BCUT2D eigenvalue weighted by Crippen LogP contribution is 2.40. The van der Waals surface area contributed by atoms with Gasteiger partial charge in [-0.25, -0.2) is 0 Å². The maximum Gasteiger partial charge on any atom is 0.307 e. The van der Waals surface area contributed by atoms with Crippen molar-refractivity contribution in [3.05, 3.63) is 35.9 Å². The molecule has 3 unspecified atom stereocenters. The molecular formula is C14H18O2. The van der Waals surface area contributed by atoms with Crippen molar-refractivity contribution in [1.29, 1.82) is 0 Å². The van der Waals surface area contributed by atoms with E-state index in [9.17, 15) is 9.90 Å². The number of carboxylic acid groups (broad SMARTS) is 1. The molecule has 0 spiro atoms. The molecule has 3 atom stereocenters. The van der Waals surface area contributed by atoms with Gasteiger partial charge in [-0.1, -0.05) is 37.3 Å². The van der Waals surface area contributed by atoms with Crippen molar-refractivity contribution in [3.8, 4) is 0 Å². The van der Waals surface area contributed by atoms with Crippen LogP contribution in [-0.4, -0.2) is 11.1 Å². The topological polar surface area (TPSA) is 37.3 Å². The number of benzene rings is 1. The molecule has 1 aromatic rings. The monoisotopic (exact) mass is 218 g/mol. The fourth-order valence-electron chi connectivity index (χ4n) is 2.75. The molecule has 1 fully saturated rings. The Hall–Kier alpha value is -1.31. The summed E-state index contributed by atoms with van der Waals surface area (Å²) in [6, 6.07) is 10.1. The van der Waals surface area contributed by atoms with E-state index in [1.807, 2.05) is 18.2 Å². The van der Waals surface area contributed by atoms with E-state index in [1.165, 1.54) is 5.56 Å². The lowest BCUT2D eigenvalue weighted by Crippen LogP contribution is -2.28. The molecule has 0 radical (unpaired) electrons. The molecule has 16 heavy (non-hydrogen) atoms. The van der Waals surface area contributed by atoms with Crippen molar-refractivity contribution in [2.24, 2.45) is 11.8 Å². The van der Waals surface area contributed by atoms with Gasteiger partial charge in [0, 0.05) is 0 Å². The molecule has 2 heteroatoms. The van der Waals surface area contributed by atoms with E-state index in [4.69, 9.17) is 0 Å². The largest absolute Gasteiger partial charge is 0.481 e. The normalized spacial score (nSPS) is 29.9. The van der Waals surface area contributed by atoms with Gasteiger partial charge in [-0.15, -0.1) is 0 Å². The van der Waals surface area contributed by atoms with Crippen LogP contribution in [0.2, 0.25) is 0 Å². The summed E-state index contributed by atoms with van der Waals surface area (Å²) in [5.74, 6) is 0.00242. The molecule has 1 aliphatic rings. The summed E-state index contributed by atoms with van der Waals surface area (Å²) in [4.78, 5) is 11.2. The minimum Gasteiger partial charge on any atom is -0.481 e. The van der Waals surface area contributed by atoms with Crippen molar-refractivity contribution >= 4 is 5.97 Å². The van der Waals surface area contributed by atoms with Crippen LogP contribution < -0.4 is 0 Å². The molecule has 1 aromatic carbocycles. The Morgan fingerprint density at radius 3 is 2.56 bits per heavy atom. The van der Waals surface area contributed by atoms with Crippen LogP contribution in [0.5, 0.6) is 0 Å². The van der Waals surface area contributed by atoms with Gasteiger partial charge in [0.25, 0.3) is 0 Å². The molecule has 0 amide bonds. The minimum absolute atomic E-state index is 0.196. The van der Waals surface area contributed by atoms with Gasteiger partial charge in [0.15, 0.2) is 0 Å². The average Bonchev–Trinajstić information content (AvgIpc) is 2.29. The van der Waals surface area contributed by atoms with E-state index in [0.29, 0.717) is 5.92 Å². The second-order valence-electron chi connectivity index (χ2n) is 4.88. The van der Waals surface area contributed by atoms with Crippen LogP contribution >= 0.6 is 0 Å². The van der Waals surface area contributed by atoms with Gasteiger partial charge in [-0.3, -0.25) is 4.79 Å². The Balaban J connectivity index is 2.24. The molecule has 0 heterocycles. The summed E-state index contributed by atoms with van der Waals surface area (Å²) >= 11 is 0. The van der Waals surface area contributed by atoms with E-state index < -0.39 is 5.97 Å². The Morgan fingerprint density at radius 2 is 1.94 bits per heavy atom. The molecule has 2 nitrogen and oxygen atoms in total. The standard InChI is InChI=1S/C14H18O2/c1-10-7-8-12(14(15)16)13(9-10)11-5-3-2-4-6-11/h2-6,10,12-13H,7-9H2,1H3,(H,15,16). The molecule has 2 rings (SSSR count). The van der Waals surface area contributed by atoms with Crippen molar-refractivity contribution in [1.82, 2.24) is 0 Å². The molecular weight excluding hydrogens is 200 g/mol. The second-order valence-corrected chi connectivity index (χ2v) is 4.88. The van der Waals surface area contributed by atoms with Crippen LogP contribution in [0.25, 0.3) is 0 Å². The van der Waals surface area contributed by atoms with Crippen LogP contribution in [0.15, 0.2) is 30.3 Å². The van der Waals surface area contributed by atoms with Gasteiger partial charge in [-0.2, -0.15) is 0 Å². The van der Waals surface area contributed by atoms with E-state index in [1.54, 1.807) is 0 Å². The first-order valence-electron chi connectivity index (χ1n) is 5.96. The number of hydrogen-bond donors (Lipinski definition) is 1. The van der Waals surface area contributed by atoms with E-state index in [0.717, 1.165) is 19.3 Å². The van der Waals surface area contributed by atoms with E-state index >= 15 is 0 Å².